The van der Waals surface area contributed by atoms with Crippen LogP contribution in [0.4, 0.5) is 5.82 Å². The van der Waals surface area contributed by atoms with Gasteiger partial charge in [0, 0.05) is 12.1 Å². The summed E-state index contributed by atoms with van der Waals surface area (Å²) in [7, 11) is 0. The summed E-state index contributed by atoms with van der Waals surface area (Å²) in [6.45, 7) is 4.98. The molecule has 0 aliphatic heterocycles. The number of nitrogens with zero attached hydrogens (tertiary/aromatic N) is 2. The Morgan fingerprint density at radius 1 is 1.21 bits per heavy atom. The Balaban J connectivity index is 2.58. The highest BCUT2D eigenvalue weighted by Crippen LogP contribution is 2.28. The van der Waals surface area contributed by atoms with Crippen LogP contribution < -0.4 is 5.32 Å². The smallest absolute Gasteiger partial charge is 0.163 e. The van der Waals surface area contributed by atoms with Gasteiger partial charge in [0.2, 0.25) is 0 Å². The van der Waals surface area contributed by atoms with Crippen molar-refractivity contribution in [2.24, 2.45) is 0 Å². The van der Waals surface area contributed by atoms with Gasteiger partial charge < -0.3 is 5.32 Å². The maximum absolute atomic E-state index is 6.22. The van der Waals surface area contributed by atoms with Crippen LogP contribution in [0.15, 0.2) is 24.3 Å². The van der Waals surface area contributed by atoms with Gasteiger partial charge in [0.15, 0.2) is 5.82 Å². The van der Waals surface area contributed by atoms with Crippen molar-refractivity contribution in [3.05, 3.63) is 38.6 Å². The minimum atomic E-state index is 0.674. The van der Waals surface area contributed by atoms with Crippen molar-refractivity contribution >= 4 is 40.0 Å². The molecule has 0 saturated heterocycles. The van der Waals surface area contributed by atoms with Crippen LogP contribution in [-0.2, 0) is 6.42 Å². The summed E-state index contributed by atoms with van der Waals surface area (Å²) < 4.78 is 1.08. The molecule has 5 heteroatoms. The molecule has 1 heterocycles. The number of aromatic nitrogens is 2. The zero-order chi connectivity index (χ0) is 13.8. The summed E-state index contributed by atoms with van der Waals surface area (Å²) in [5.74, 6) is 1.56. The summed E-state index contributed by atoms with van der Waals surface area (Å²) in [5.41, 5.74) is 1.91. The number of hydrogen-bond donors (Lipinski definition) is 1. The molecular formula is C14H15ClIN3. The zero-order valence-electron chi connectivity index (χ0n) is 10.9. The quantitative estimate of drug-likeness (QED) is 0.790. The van der Waals surface area contributed by atoms with E-state index in [0.29, 0.717) is 10.8 Å². The van der Waals surface area contributed by atoms with Crippen LogP contribution in [-0.4, -0.2) is 16.5 Å². The van der Waals surface area contributed by atoms with Crippen LogP contribution in [0.1, 0.15) is 19.5 Å². The lowest BCUT2D eigenvalue weighted by Crippen LogP contribution is -2.07. The average molecular weight is 388 g/mol. The molecule has 2 aromatic rings. The van der Waals surface area contributed by atoms with Gasteiger partial charge in [-0.05, 0) is 48.1 Å². The summed E-state index contributed by atoms with van der Waals surface area (Å²) in [6.07, 6.45) is 0.872. The number of nitrogens with one attached hydrogen (secondary N) is 1. The minimum absolute atomic E-state index is 0.674. The fourth-order valence-corrected chi connectivity index (χ4v) is 2.81. The summed E-state index contributed by atoms with van der Waals surface area (Å²) >= 11 is 8.51. The van der Waals surface area contributed by atoms with E-state index in [9.17, 15) is 0 Å². The van der Waals surface area contributed by atoms with Gasteiger partial charge >= 0.3 is 0 Å². The minimum Gasteiger partial charge on any atom is -0.369 e. The standard InChI is InChI=1S/C14H15ClIN3/c1-3-11-12(16)14(17-4-2)19-13(18-11)9-7-5-6-8-10(9)15/h5-8H,3-4H2,1-2H3,(H,17,18,19). The van der Waals surface area contributed by atoms with Crippen LogP contribution in [0, 0.1) is 3.57 Å². The molecule has 0 spiro atoms. The Morgan fingerprint density at radius 3 is 2.58 bits per heavy atom. The predicted molar refractivity (Wildman–Crippen MR) is 88.7 cm³/mol. The van der Waals surface area contributed by atoms with Crippen molar-refractivity contribution in [3.63, 3.8) is 0 Å². The van der Waals surface area contributed by atoms with E-state index >= 15 is 0 Å². The van der Waals surface area contributed by atoms with E-state index < -0.39 is 0 Å². The van der Waals surface area contributed by atoms with E-state index in [2.05, 4.69) is 51.7 Å². The van der Waals surface area contributed by atoms with E-state index in [1.54, 1.807) is 0 Å². The number of benzene rings is 1. The molecule has 2 rings (SSSR count). The first-order valence-electron chi connectivity index (χ1n) is 6.22. The molecule has 19 heavy (non-hydrogen) atoms. The van der Waals surface area contributed by atoms with Crippen molar-refractivity contribution in [2.45, 2.75) is 20.3 Å². The Kier molecular flexibility index (Phi) is 4.99. The van der Waals surface area contributed by atoms with Crippen molar-refractivity contribution in [3.8, 4) is 11.4 Å². The highest BCUT2D eigenvalue weighted by Gasteiger charge is 2.13. The Bertz CT molecular complexity index is 587. The van der Waals surface area contributed by atoms with Crippen LogP contribution in [0.25, 0.3) is 11.4 Å². The second kappa shape index (κ2) is 6.52. The first-order valence-corrected chi connectivity index (χ1v) is 7.68. The molecule has 0 fully saturated rings. The Hall–Kier alpha value is -0.880. The lowest BCUT2D eigenvalue weighted by Gasteiger charge is -2.12. The fourth-order valence-electron chi connectivity index (χ4n) is 1.78. The average Bonchev–Trinajstić information content (AvgIpc) is 2.42. The molecule has 1 aromatic heterocycles. The normalized spacial score (nSPS) is 10.5. The summed E-state index contributed by atoms with van der Waals surface area (Å²) in [6, 6.07) is 7.65. The van der Waals surface area contributed by atoms with E-state index in [0.717, 1.165) is 33.6 Å². The third-order valence-corrected chi connectivity index (χ3v) is 4.18. The lowest BCUT2D eigenvalue weighted by atomic mass is 10.2. The van der Waals surface area contributed by atoms with Gasteiger partial charge in [0.05, 0.1) is 14.3 Å². The third-order valence-electron chi connectivity index (χ3n) is 2.71. The van der Waals surface area contributed by atoms with E-state index in [1.807, 2.05) is 24.3 Å². The molecule has 0 aliphatic rings. The van der Waals surface area contributed by atoms with Crippen molar-refractivity contribution in [1.29, 1.82) is 0 Å². The molecule has 0 atom stereocenters. The number of hydrogen-bond acceptors (Lipinski definition) is 3. The molecule has 0 unspecified atom stereocenters. The van der Waals surface area contributed by atoms with Gasteiger partial charge in [-0.2, -0.15) is 0 Å². The molecule has 3 nitrogen and oxygen atoms in total. The molecule has 0 radical (unpaired) electrons. The van der Waals surface area contributed by atoms with Crippen LogP contribution in [0.2, 0.25) is 5.02 Å². The second-order valence-electron chi connectivity index (χ2n) is 4.02. The van der Waals surface area contributed by atoms with Crippen LogP contribution in [0.3, 0.4) is 0 Å². The van der Waals surface area contributed by atoms with Crippen molar-refractivity contribution < 1.29 is 0 Å². The molecule has 0 aliphatic carbocycles. The van der Waals surface area contributed by atoms with Gasteiger partial charge in [-0.25, -0.2) is 9.97 Å². The SMILES string of the molecule is CCNc1nc(-c2ccccc2Cl)nc(CC)c1I. The monoisotopic (exact) mass is 387 g/mol. The van der Waals surface area contributed by atoms with Crippen molar-refractivity contribution in [1.82, 2.24) is 9.97 Å². The second-order valence-corrected chi connectivity index (χ2v) is 5.51. The van der Waals surface area contributed by atoms with Gasteiger partial charge in [-0.3, -0.25) is 0 Å². The third kappa shape index (κ3) is 3.17. The van der Waals surface area contributed by atoms with Crippen LogP contribution >= 0.6 is 34.2 Å². The van der Waals surface area contributed by atoms with Gasteiger partial charge in [0.1, 0.15) is 5.82 Å². The lowest BCUT2D eigenvalue weighted by molar-refractivity contribution is 0.982. The van der Waals surface area contributed by atoms with Crippen molar-refractivity contribution in [2.75, 3.05) is 11.9 Å². The molecule has 1 aromatic carbocycles. The maximum Gasteiger partial charge on any atom is 0.163 e. The van der Waals surface area contributed by atoms with E-state index in [-0.39, 0.29) is 0 Å². The largest absolute Gasteiger partial charge is 0.369 e. The summed E-state index contributed by atoms with van der Waals surface area (Å²) in [4.78, 5) is 9.21. The maximum atomic E-state index is 6.22. The highest BCUT2D eigenvalue weighted by atomic mass is 127. The molecule has 1 N–H and O–H groups in total. The van der Waals surface area contributed by atoms with Gasteiger partial charge in [-0.1, -0.05) is 30.7 Å². The van der Waals surface area contributed by atoms with Crippen LogP contribution in [0.5, 0.6) is 0 Å². The molecule has 0 bridgehead atoms. The predicted octanol–water partition coefficient (Wildman–Crippen LogP) is 4.40. The Morgan fingerprint density at radius 2 is 1.95 bits per heavy atom. The van der Waals surface area contributed by atoms with E-state index in [1.165, 1.54) is 0 Å². The Labute approximate surface area is 132 Å². The van der Waals surface area contributed by atoms with Gasteiger partial charge in [0.25, 0.3) is 0 Å². The topological polar surface area (TPSA) is 37.8 Å². The molecule has 0 saturated carbocycles. The molecular weight excluding hydrogens is 373 g/mol. The fraction of sp³-hybridized carbons (Fsp3) is 0.286. The first-order chi connectivity index (χ1) is 9.17. The number of aryl methyl sites for hydroxylation is 1. The highest BCUT2D eigenvalue weighted by molar-refractivity contribution is 14.1. The number of rotatable bonds is 4. The number of anilines is 1. The summed E-state index contributed by atoms with van der Waals surface area (Å²) in [5, 5.41) is 3.95. The molecule has 0 amide bonds. The molecule has 100 valence electrons. The van der Waals surface area contributed by atoms with Gasteiger partial charge in [-0.15, -0.1) is 0 Å². The first kappa shape index (κ1) is 14.5. The van der Waals surface area contributed by atoms with E-state index in [4.69, 9.17) is 11.6 Å². The zero-order valence-corrected chi connectivity index (χ0v) is 13.8. The number of halogens is 2.